The molecule has 0 aromatic carbocycles. The van der Waals surface area contributed by atoms with Gasteiger partial charge in [0, 0.05) is 6.04 Å². The SMILES string of the molecule is CCC(C)C1NC(CC(C)C)N(C2CCC(C)C2)C1=O. The Kier molecular flexibility index (Phi) is 5.11. The first-order chi connectivity index (χ1) is 9.43. The highest BCUT2D eigenvalue weighted by atomic mass is 16.2. The lowest BCUT2D eigenvalue weighted by atomic mass is 9.99. The second kappa shape index (κ2) is 6.46. The van der Waals surface area contributed by atoms with Gasteiger partial charge in [-0.25, -0.2) is 0 Å². The first-order valence-corrected chi connectivity index (χ1v) is 8.52. The minimum atomic E-state index is 0.0413. The summed E-state index contributed by atoms with van der Waals surface area (Å²) in [6, 6.07) is 0.516. The first kappa shape index (κ1) is 15.8. The van der Waals surface area contributed by atoms with Gasteiger partial charge in [-0.15, -0.1) is 0 Å². The Labute approximate surface area is 124 Å². The zero-order valence-corrected chi connectivity index (χ0v) is 13.9. The van der Waals surface area contributed by atoms with Crippen molar-refractivity contribution in [2.24, 2.45) is 17.8 Å². The van der Waals surface area contributed by atoms with Crippen LogP contribution >= 0.6 is 0 Å². The maximum Gasteiger partial charge on any atom is 0.241 e. The monoisotopic (exact) mass is 280 g/mol. The molecule has 2 aliphatic rings. The second-order valence-corrected chi connectivity index (χ2v) is 7.49. The van der Waals surface area contributed by atoms with Crippen LogP contribution in [0.15, 0.2) is 0 Å². The highest BCUT2D eigenvalue weighted by molar-refractivity contribution is 5.85. The van der Waals surface area contributed by atoms with Crippen molar-refractivity contribution in [3.05, 3.63) is 0 Å². The highest BCUT2D eigenvalue weighted by Gasteiger charge is 2.45. The summed E-state index contributed by atoms with van der Waals surface area (Å²) in [5.41, 5.74) is 0. The van der Waals surface area contributed by atoms with E-state index in [1.807, 2.05) is 0 Å². The lowest BCUT2D eigenvalue weighted by molar-refractivity contribution is -0.133. The van der Waals surface area contributed by atoms with Crippen LogP contribution in [0.5, 0.6) is 0 Å². The molecular weight excluding hydrogens is 248 g/mol. The van der Waals surface area contributed by atoms with Crippen LogP contribution in [0.2, 0.25) is 0 Å². The van der Waals surface area contributed by atoms with Crippen LogP contribution in [0, 0.1) is 17.8 Å². The van der Waals surface area contributed by atoms with Crippen molar-refractivity contribution in [3.8, 4) is 0 Å². The number of rotatable bonds is 5. The summed E-state index contributed by atoms with van der Waals surface area (Å²) >= 11 is 0. The van der Waals surface area contributed by atoms with E-state index in [2.05, 4.69) is 44.8 Å². The van der Waals surface area contributed by atoms with E-state index in [4.69, 9.17) is 0 Å². The molecule has 0 bridgehead atoms. The zero-order chi connectivity index (χ0) is 14.9. The second-order valence-electron chi connectivity index (χ2n) is 7.49. The lowest BCUT2D eigenvalue weighted by Crippen LogP contribution is -2.44. The molecule has 0 aromatic heterocycles. The summed E-state index contributed by atoms with van der Waals surface area (Å²) in [6.07, 6.45) is 6.05. The van der Waals surface area contributed by atoms with E-state index in [0.29, 0.717) is 23.8 Å². The van der Waals surface area contributed by atoms with E-state index in [1.54, 1.807) is 0 Å². The summed E-state index contributed by atoms with van der Waals surface area (Å²) in [5, 5.41) is 3.64. The molecule has 1 saturated carbocycles. The van der Waals surface area contributed by atoms with Crippen LogP contribution in [-0.4, -0.2) is 29.1 Å². The molecule has 3 nitrogen and oxygen atoms in total. The van der Waals surface area contributed by atoms with Crippen molar-refractivity contribution in [3.63, 3.8) is 0 Å². The molecule has 5 unspecified atom stereocenters. The van der Waals surface area contributed by atoms with Crippen molar-refractivity contribution in [2.75, 3.05) is 0 Å². The first-order valence-electron chi connectivity index (χ1n) is 8.52. The molecule has 1 aliphatic carbocycles. The Bertz CT molecular complexity index is 342. The molecule has 1 heterocycles. The lowest BCUT2D eigenvalue weighted by Gasteiger charge is -2.31. The van der Waals surface area contributed by atoms with Crippen molar-refractivity contribution in [1.82, 2.24) is 10.2 Å². The predicted molar refractivity (Wildman–Crippen MR) is 83.3 cm³/mol. The average molecular weight is 280 g/mol. The van der Waals surface area contributed by atoms with Crippen LogP contribution in [-0.2, 0) is 4.79 Å². The topological polar surface area (TPSA) is 32.3 Å². The van der Waals surface area contributed by atoms with Gasteiger partial charge >= 0.3 is 0 Å². The zero-order valence-electron chi connectivity index (χ0n) is 13.9. The van der Waals surface area contributed by atoms with E-state index >= 15 is 0 Å². The predicted octanol–water partition coefficient (Wildman–Crippen LogP) is 3.39. The van der Waals surface area contributed by atoms with Gasteiger partial charge in [0.25, 0.3) is 0 Å². The van der Waals surface area contributed by atoms with Gasteiger partial charge in [0.1, 0.15) is 0 Å². The summed E-state index contributed by atoms with van der Waals surface area (Å²) in [7, 11) is 0. The maximum atomic E-state index is 12.9. The summed E-state index contributed by atoms with van der Waals surface area (Å²) in [5.74, 6) is 2.19. The largest absolute Gasteiger partial charge is 0.323 e. The number of hydrogen-bond acceptors (Lipinski definition) is 2. The van der Waals surface area contributed by atoms with Crippen LogP contribution in [0.3, 0.4) is 0 Å². The fraction of sp³-hybridized carbons (Fsp3) is 0.941. The molecule has 1 saturated heterocycles. The van der Waals surface area contributed by atoms with E-state index in [0.717, 1.165) is 18.8 Å². The molecule has 1 amide bonds. The smallest absolute Gasteiger partial charge is 0.241 e. The molecule has 0 spiro atoms. The Balaban J connectivity index is 2.13. The third-order valence-corrected chi connectivity index (χ3v) is 5.20. The quantitative estimate of drug-likeness (QED) is 0.837. The number of carbonyl (C=O) groups excluding carboxylic acids is 1. The molecule has 0 aromatic rings. The van der Waals surface area contributed by atoms with Crippen LogP contribution in [0.1, 0.15) is 66.7 Å². The van der Waals surface area contributed by atoms with Gasteiger partial charge in [-0.2, -0.15) is 0 Å². The van der Waals surface area contributed by atoms with E-state index in [1.165, 1.54) is 19.3 Å². The van der Waals surface area contributed by atoms with Gasteiger partial charge in [0.05, 0.1) is 12.2 Å². The van der Waals surface area contributed by atoms with Gasteiger partial charge in [0.2, 0.25) is 5.91 Å². The van der Waals surface area contributed by atoms with Gasteiger partial charge in [-0.1, -0.05) is 41.0 Å². The van der Waals surface area contributed by atoms with Crippen LogP contribution in [0.4, 0.5) is 0 Å². The number of carbonyl (C=O) groups is 1. The summed E-state index contributed by atoms with van der Waals surface area (Å²) in [4.78, 5) is 15.1. The number of nitrogens with zero attached hydrogens (tertiary/aromatic N) is 1. The standard InChI is InChI=1S/C17H32N2O/c1-6-13(5)16-17(20)19(14-8-7-12(4)10-14)15(18-16)9-11(2)3/h11-16,18H,6-10H2,1-5H3. The molecule has 0 radical (unpaired) electrons. The number of amides is 1. The fourth-order valence-corrected chi connectivity index (χ4v) is 3.81. The van der Waals surface area contributed by atoms with Gasteiger partial charge in [0.15, 0.2) is 0 Å². The third kappa shape index (κ3) is 3.19. The van der Waals surface area contributed by atoms with Gasteiger partial charge < -0.3 is 4.90 Å². The van der Waals surface area contributed by atoms with E-state index in [-0.39, 0.29) is 12.2 Å². The van der Waals surface area contributed by atoms with Crippen molar-refractivity contribution < 1.29 is 4.79 Å². The third-order valence-electron chi connectivity index (χ3n) is 5.20. The van der Waals surface area contributed by atoms with Crippen LogP contribution < -0.4 is 5.32 Å². The fourth-order valence-electron chi connectivity index (χ4n) is 3.81. The minimum Gasteiger partial charge on any atom is -0.323 e. The molecule has 5 atom stereocenters. The highest BCUT2D eigenvalue weighted by Crippen LogP contribution is 2.34. The molecule has 20 heavy (non-hydrogen) atoms. The Morgan fingerprint density at radius 3 is 2.50 bits per heavy atom. The molecule has 2 rings (SSSR count). The average Bonchev–Trinajstić information content (AvgIpc) is 2.92. The molecule has 1 aliphatic heterocycles. The Hall–Kier alpha value is -0.570. The van der Waals surface area contributed by atoms with Crippen LogP contribution in [0.25, 0.3) is 0 Å². The molecule has 3 heteroatoms. The summed E-state index contributed by atoms with van der Waals surface area (Å²) in [6.45, 7) is 11.2. The molecule has 1 N–H and O–H groups in total. The minimum absolute atomic E-state index is 0.0413. The Morgan fingerprint density at radius 2 is 2.00 bits per heavy atom. The van der Waals surface area contributed by atoms with Gasteiger partial charge in [-0.05, 0) is 43.4 Å². The molecule has 116 valence electrons. The van der Waals surface area contributed by atoms with Gasteiger partial charge in [-0.3, -0.25) is 10.1 Å². The van der Waals surface area contributed by atoms with Crippen molar-refractivity contribution >= 4 is 5.91 Å². The van der Waals surface area contributed by atoms with E-state index in [9.17, 15) is 4.79 Å². The Morgan fingerprint density at radius 1 is 1.30 bits per heavy atom. The molecule has 2 fully saturated rings. The number of nitrogens with one attached hydrogen (secondary N) is 1. The van der Waals surface area contributed by atoms with Crippen molar-refractivity contribution in [2.45, 2.75) is 85.0 Å². The molecular formula is C17H32N2O. The van der Waals surface area contributed by atoms with E-state index < -0.39 is 0 Å². The number of hydrogen-bond donors (Lipinski definition) is 1. The maximum absolute atomic E-state index is 12.9. The summed E-state index contributed by atoms with van der Waals surface area (Å²) < 4.78 is 0. The normalized spacial score (nSPS) is 36.1. The van der Waals surface area contributed by atoms with Crippen molar-refractivity contribution in [1.29, 1.82) is 0 Å².